The lowest BCUT2D eigenvalue weighted by atomic mass is 9.97. The molecule has 112 valence electrons. The second-order valence-corrected chi connectivity index (χ2v) is 8.00. The first-order valence-electron chi connectivity index (χ1n) is 7.05. The van der Waals surface area contributed by atoms with Gasteiger partial charge in [0.15, 0.2) is 0 Å². The Bertz CT molecular complexity index is 568. The molecule has 1 saturated carbocycles. The second-order valence-electron chi connectivity index (χ2n) is 5.67. The number of rotatable bonds is 4. The maximum absolute atomic E-state index is 11.7. The third kappa shape index (κ3) is 3.73. The Kier molecular flexibility index (Phi) is 4.70. The average molecular weight is 297 g/mol. The van der Waals surface area contributed by atoms with Crippen LogP contribution >= 0.6 is 0 Å². The fourth-order valence-corrected chi connectivity index (χ4v) is 3.92. The second kappa shape index (κ2) is 6.14. The lowest BCUT2D eigenvalue weighted by Gasteiger charge is -2.29. The first-order chi connectivity index (χ1) is 9.40. The summed E-state index contributed by atoms with van der Waals surface area (Å²) in [6.45, 7) is 2.45. The van der Waals surface area contributed by atoms with Crippen molar-refractivity contribution in [1.82, 2.24) is 0 Å². The molecule has 1 fully saturated rings. The van der Waals surface area contributed by atoms with E-state index in [-0.39, 0.29) is 11.4 Å². The van der Waals surface area contributed by atoms with Gasteiger partial charge in [0.25, 0.3) is 0 Å². The summed E-state index contributed by atoms with van der Waals surface area (Å²) in [5.74, 6) is 0.789. The SMILES string of the molecule is Cc1ccc(OC2CCCC(S(C)(=O)=O)C2)c(CN)c1. The molecule has 0 saturated heterocycles. The minimum Gasteiger partial charge on any atom is -0.490 e. The van der Waals surface area contributed by atoms with Crippen LogP contribution in [0.15, 0.2) is 18.2 Å². The van der Waals surface area contributed by atoms with Crippen LogP contribution in [0, 0.1) is 6.92 Å². The Balaban J connectivity index is 2.10. The van der Waals surface area contributed by atoms with Crippen molar-refractivity contribution in [2.75, 3.05) is 6.26 Å². The van der Waals surface area contributed by atoms with Crippen LogP contribution in [0.25, 0.3) is 0 Å². The van der Waals surface area contributed by atoms with Gasteiger partial charge < -0.3 is 10.5 Å². The molecule has 2 unspecified atom stereocenters. The molecule has 0 heterocycles. The summed E-state index contributed by atoms with van der Waals surface area (Å²) < 4.78 is 29.4. The molecule has 0 aromatic heterocycles. The van der Waals surface area contributed by atoms with E-state index in [1.54, 1.807) is 0 Å². The van der Waals surface area contributed by atoms with Crippen molar-refractivity contribution in [3.8, 4) is 5.75 Å². The predicted octanol–water partition coefficient (Wildman–Crippen LogP) is 2.19. The van der Waals surface area contributed by atoms with Crippen molar-refractivity contribution in [2.24, 2.45) is 5.73 Å². The molecule has 1 aromatic rings. The van der Waals surface area contributed by atoms with Crippen molar-refractivity contribution >= 4 is 9.84 Å². The molecule has 2 rings (SSSR count). The van der Waals surface area contributed by atoms with Crippen LogP contribution in [-0.2, 0) is 16.4 Å². The highest BCUT2D eigenvalue weighted by atomic mass is 32.2. The number of hydrogen-bond donors (Lipinski definition) is 1. The predicted molar refractivity (Wildman–Crippen MR) is 80.6 cm³/mol. The average Bonchev–Trinajstić information content (AvgIpc) is 2.40. The van der Waals surface area contributed by atoms with Crippen LogP contribution in [0.3, 0.4) is 0 Å². The van der Waals surface area contributed by atoms with Crippen molar-refractivity contribution in [3.63, 3.8) is 0 Å². The van der Waals surface area contributed by atoms with Gasteiger partial charge in [0.2, 0.25) is 0 Å². The van der Waals surface area contributed by atoms with Crippen LogP contribution in [-0.4, -0.2) is 26.0 Å². The summed E-state index contributed by atoms with van der Waals surface area (Å²) in [5, 5.41) is -0.270. The standard InChI is InChI=1S/C15H23NO3S/c1-11-6-7-15(12(8-11)10-16)19-13-4-3-5-14(9-13)20(2,17)18/h6-8,13-14H,3-5,9-10,16H2,1-2H3. The Morgan fingerprint density at radius 2 is 2.10 bits per heavy atom. The monoisotopic (exact) mass is 297 g/mol. The molecule has 0 radical (unpaired) electrons. The van der Waals surface area contributed by atoms with Gasteiger partial charge >= 0.3 is 0 Å². The molecule has 0 spiro atoms. The lowest BCUT2D eigenvalue weighted by molar-refractivity contribution is 0.155. The number of aryl methyl sites for hydroxylation is 1. The summed E-state index contributed by atoms with van der Waals surface area (Å²) in [7, 11) is -2.98. The molecule has 1 aliphatic carbocycles. The van der Waals surface area contributed by atoms with E-state index in [9.17, 15) is 8.42 Å². The van der Waals surface area contributed by atoms with Gasteiger partial charge in [0.1, 0.15) is 15.6 Å². The summed E-state index contributed by atoms with van der Waals surface area (Å²) in [4.78, 5) is 0. The topological polar surface area (TPSA) is 69.4 Å². The molecule has 1 aromatic carbocycles. The van der Waals surface area contributed by atoms with Crippen molar-refractivity contribution in [1.29, 1.82) is 0 Å². The highest BCUT2D eigenvalue weighted by Crippen LogP contribution is 2.29. The van der Waals surface area contributed by atoms with Crippen molar-refractivity contribution in [3.05, 3.63) is 29.3 Å². The highest BCUT2D eigenvalue weighted by Gasteiger charge is 2.30. The van der Waals surface area contributed by atoms with Gasteiger partial charge in [0.05, 0.1) is 11.4 Å². The molecule has 0 amide bonds. The fourth-order valence-electron chi connectivity index (χ4n) is 2.76. The maximum Gasteiger partial charge on any atom is 0.150 e. The molecule has 5 heteroatoms. The Morgan fingerprint density at radius 3 is 2.75 bits per heavy atom. The van der Waals surface area contributed by atoms with E-state index in [0.29, 0.717) is 13.0 Å². The molecule has 20 heavy (non-hydrogen) atoms. The molecular weight excluding hydrogens is 274 g/mol. The van der Waals surface area contributed by atoms with E-state index in [4.69, 9.17) is 10.5 Å². The highest BCUT2D eigenvalue weighted by molar-refractivity contribution is 7.91. The van der Waals surface area contributed by atoms with E-state index < -0.39 is 9.84 Å². The minimum atomic E-state index is -2.98. The summed E-state index contributed by atoms with van der Waals surface area (Å²) in [6.07, 6.45) is 4.41. The lowest BCUT2D eigenvalue weighted by Crippen LogP contribution is -2.33. The Hall–Kier alpha value is -1.07. The molecule has 1 aliphatic rings. The van der Waals surface area contributed by atoms with Gasteiger partial charge in [-0.1, -0.05) is 17.7 Å². The largest absolute Gasteiger partial charge is 0.490 e. The van der Waals surface area contributed by atoms with Crippen LogP contribution < -0.4 is 10.5 Å². The zero-order valence-electron chi connectivity index (χ0n) is 12.1. The first-order valence-corrected chi connectivity index (χ1v) is 9.00. The number of benzene rings is 1. The zero-order chi connectivity index (χ0) is 14.8. The quantitative estimate of drug-likeness (QED) is 0.925. The minimum absolute atomic E-state index is 0.0310. The van der Waals surface area contributed by atoms with Gasteiger partial charge in [-0.05, 0) is 32.3 Å². The molecule has 0 aliphatic heterocycles. The van der Waals surface area contributed by atoms with Gasteiger partial charge in [-0.2, -0.15) is 0 Å². The van der Waals surface area contributed by atoms with E-state index in [1.165, 1.54) is 6.26 Å². The van der Waals surface area contributed by atoms with Crippen LogP contribution in [0.5, 0.6) is 5.75 Å². The summed E-state index contributed by atoms with van der Waals surface area (Å²) in [5.41, 5.74) is 7.87. The Morgan fingerprint density at radius 1 is 1.35 bits per heavy atom. The molecule has 0 bridgehead atoms. The van der Waals surface area contributed by atoms with Gasteiger partial charge in [-0.3, -0.25) is 0 Å². The zero-order valence-corrected chi connectivity index (χ0v) is 12.9. The van der Waals surface area contributed by atoms with E-state index >= 15 is 0 Å². The van der Waals surface area contributed by atoms with E-state index in [0.717, 1.165) is 36.1 Å². The van der Waals surface area contributed by atoms with Crippen molar-refractivity contribution in [2.45, 2.75) is 50.5 Å². The normalized spacial score (nSPS) is 23.6. The molecule has 4 nitrogen and oxygen atoms in total. The molecule has 2 atom stereocenters. The first kappa shape index (κ1) is 15.3. The number of hydrogen-bond acceptors (Lipinski definition) is 4. The number of sulfone groups is 1. The van der Waals surface area contributed by atoms with Crippen LogP contribution in [0.1, 0.15) is 36.8 Å². The molecular formula is C15H23NO3S. The van der Waals surface area contributed by atoms with E-state index in [1.807, 2.05) is 25.1 Å². The van der Waals surface area contributed by atoms with Gasteiger partial charge in [-0.15, -0.1) is 0 Å². The maximum atomic E-state index is 11.7. The van der Waals surface area contributed by atoms with Crippen LogP contribution in [0.2, 0.25) is 0 Å². The van der Waals surface area contributed by atoms with E-state index in [2.05, 4.69) is 0 Å². The third-order valence-corrected chi connectivity index (χ3v) is 5.55. The summed E-state index contributed by atoms with van der Waals surface area (Å²) >= 11 is 0. The van der Waals surface area contributed by atoms with Crippen molar-refractivity contribution < 1.29 is 13.2 Å². The Labute approximate surface area is 121 Å². The van der Waals surface area contributed by atoms with Gasteiger partial charge in [0, 0.05) is 24.8 Å². The fraction of sp³-hybridized carbons (Fsp3) is 0.600. The smallest absolute Gasteiger partial charge is 0.150 e. The molecule has 2 N–H and O–H groups in total. The summed E-state index contributed by atoms with van der Waals surface area (Å²) in [6, 6.07) is 5.94. The van der Waals surface area contributed by atoms with Gasteiger partial charge in [-0.25, -0.2) is 8.42 Å². The van der Waals surface area contributed by atoms with Crippen LogP contribution in [0.4, 0.5) is 0 Å². The number of nitrogens with two attached hydrogens (primary N) is 1. The third-order valence-electron chi connectivity index (χ3n) is 3.91. The number of ether oxygens (including phenoxy) is 1.